The Labute approximate surface area is 82.3 Å². The van der Waals surface area contributed by atoms with Crippen LogP contribution in [0.2, 0.25) is 0 Å². The molecule has 66 valence electrons. The molecule has 0 amide bonds. The van der Waals surface area contributed by atoms with Crippen molar-refractivity contribution in [2.45, 2.75) is 20.4 Å². The Hall–Kier alpha value is -0.340. The molecule has 0 aliphatic rings. The summed E-state index contributed by atoms with van der Waals surface area (Å²) in [7, 11) is 1.97. The van der Waals surface area contributed by atoms with Crippen molar-refractivity contribution in [3.05, 3.63) is 33.3 Å². The van der Waals surface area contributed by atoms with Gasteiger partial charge in [-0.2, -0.15) is 0 Å². The van der Waals surface area contributed by atoms with Crippen LogP contribution in [-0.4, -0.2) is 7.05 Å². The summed E-state index contributed by atoms with van der Waals surface area (Å²) in [5.41, 5.74) is 4.09. The molecule has 0 heterocycles. The first-order chi connectivity index (χ1) is 5.65. The lowest BCUT2D eigenvalue weighted by Crippen LogP contribution is -2.08. The van der Waals surface area contributed by atoms with Crippen LogP contribution in [0, 0.1) is 13.8 Å². The van der Waals surface area contributed by atoms with Crippen LogP contribution in [0.1, 0.15) is 16.7 Å². The molecule has 1 aromatic rings. The van der Waals surface area contributed by atoms with Crippen LogP contribution in [0.25, 0.3) is 0 Å². The average molecular weight is 228 g/mol. The van der Waals surface area contributed by atoms with E-state index in [0.29, 0.717) is 0 Å². The van der Waals surface area contributed by atoms with Crippen molar-refractivity contribution in [3.63, 3.8) is 0 Å². The van der Waals surface area contributed by atoms with Crippen LogP contribution < -0.4 is 5.32 Å². The second kappa shape index (κ2) is 4.06. The molecule has 1 aromatic carbocycles. The quantitative estimate of drug-likeness (QED) is 0.820. The van der Waals surface area contributed by atoms with Gasteiger partial charge < -0.3 is 5.32 Å². The molecule has 0 aliphatic carbocycles. The van der Waals surface area contributed by atoms with E-state index in [9.17, 15) is 0 Å². The van der Waals surface area contributed by atoms with Crippen molar-refractivity contribution >= 4 is 15.9 Å². The van der Waals surface area contributed by atoms with E-state index in [-0.39, 0.29) is 0 Å². The average Bonchev–Trinajstić information content (AvgIpc) is 1.96. The maximum atomic E-state index is 3.48. The molecule has 0 saturated carbocycles. The van der Waals surface area contributed by atoms with E-state index < -0.39 is 0 Å². The predicted octanol–water partition coefficient (Wildman–Crippen LogP) is 2.79. The van der Waals surface area contributed by atoms with E-state index in [1.165, 1.54) is 16.7 Å². The molecular weight excluding hydrogens is 214 g/mol. The van der Waals surface area contributed by atoms with Gasteiger partial charge in [-0.25, -0.2) is 0 Å². The first-order valence-electron chi connectivity index (χ1n) is 4.05. The maximum absolute atomic E-state index is 3.48. The van der Waals surface area contributed by atoms with E-state index in [4.69, 9.17) is 0 Å². The Kier molecular flexibility index (Phi) is 3.29. The molecule has 0 saturated heterocycles. The highest BCUT2D eigenvalue weighted by Gasteiger charge is 2.02. The fourth-order valence-corrected chi connectivity index (χ4v) is 2.08. The van der Waals surface area contributed by atoms with Crippen LogP contribution in [0.3, 0.4) is 0 Å². The minimum absolute atomic E-state index is 0.949. The van der Waals surface area contributed by atoms with Gasteiger partial charge in [0.25, 0.3) is 0 Å². The zero-order valence-corrected chi connectivity index (χ0v) is 9.33. The molecule has 0 radical (unpaired) electrons. The van der Waals surface area contributed by atoms with Gasteiger partial charge in [0.15, 0.2) is 0 Å². The highest BCUT2D eigenvalue weighted by Crippen LogP contribution is 2.20. The lowest BCUT2D eigenvalue weighted by Gasteiger charge is -2.09. The van der Waals surface area contributed by atoms with Crippen LogP contribution in [0.5, 0.6) is 0 Å². The molecule has 1 nitrogen and oxygen atoms in total. The molecule has 1 N–H and O–H groups in total. The first-order valence-corrected chi connectivity index (χ1v) is 4.84. The minimum atomic E-state index is 0.949. The van der Waals surface area contributed by atoms with Gasteiger partial charge in [-0.1, -0.05) is 15.9 Å². The van der Waals surface area contributed by atoms with E-state index in [0.717, 1.165) is 11.0 Å². The smallest absolute Gasteiger partial charge is 0.0207 e. The second-order valence-electron chi connectivity index (χ2n) is 3.05. The van der Waals surface area contributed by atoms with Crippen LogP contribution >= 0.6 is 15.9 Å². The number of halogens is 1. The van der Waals surface area contributed by atoms with Gasteiger partial charge in [-0.3, -0.25) is 0 Å². The fraction of sp³-hybridized carbons (Fsp3) is 0.400. The first kappa shape index (κ1) is 9.75. The molecule has 0 fully saturated rings. The normalized spacial score (nSPS) is 10.3. The summed E-state index contributed by atoms with van der Waals surface area (Å²) >= 11 is 3.48. The number of nitrogens with one attached hydrogen (secondary N) is 1. The third-order valence-corrected chi connectivity index (χ3v) is 2.47. The number of rotatable bonds is 2. The van der Waals surface area contributed by atoms with Crippen molar-refractivity contribution in [1.82, 2.24) is 5.32 Å². The van der Waals surface area contributed by atoms with Gasteiger partial charge in [0, 0.05) is 11.0 Å². The highest BCUT2D eigenvalue weighted by molar-refractivity contribution is 9.10. The van der Waals surface area contributed by atoms with Crippen molar-refractivity contribution in [3.8, 4) is 0 Å². The maximum Gasteiger partial charge on any atom is 0.0207 e. The Morgan fingerprint density at radius 1 is 1.25 bits per heavy atom. The van der Waals surface area contributed by atoms with Crippen molar-refractivity contribution < 1.29 is 0 Å². The zero-order chi connectivity index (χ0) is 9.14. The predicted molar refractivity (Wildman–Crippen MR) is 56.4 cm³/mol. The Morgan fingerprint density at radius 2 is 1.75 bits per heavy atom. The second-order valence-corrected chi connectivity index (χ2v) is 3.96. The Bertz CT molecular complexity index is 258. The molecular formula is C10H14BrN. The molecule has 2 heteroatoms. The molecule has 0 bridgehead atoms. The molecule has 12 heavy (non-hydrogen) atoms. The Balaban J connectivity index is 3.10. The lowest BCUT2D eigenvalue weighted by atomic mass is 10.0. The summed E-state index contributed by atoms with van der Waals surface area (Å²) in [6.45, 7) is 5.24. The monoisotopic (exact) mass is 227 g/mol. The summed E-state index contributed by atoms with van der Waals surface area (Å²) in [5.74, 6) is 0. The molecule has 0 atom stereocenters. The summed E-state index contributed by atoms with van der Waals surface area (Å²) in [5, 5.41) is 3.17. The molecule has 0 unspecified atom stereocenters. The summed E-state index contributed by atoms with van der Waals surface area (Å²) < 4.78 is 1.16. The van der Waals surface area contributed by atoms with Crippen LogP contribution in [0.15, 0.2) is 16.6 Å². The van der Waals surface area contributed by atoms with Crippen LogP contribution in [-0.2, 0) is 6.54 Å². The van der Waals surface area contributed by atoms with Crippen LogP contribution in [0.4, 0.5) is 0 Å². The largest absolute Gasteiger partial charge is 0.316 e. The molecule has 0 aliphatic heterocycles. The summed E-state index contributed by atoms with van der Waals surface area (Å²) in [4.78, 5) is 0. The Morgan fingerprint density at radius 3 is 2.17 bits per heavy atom. The number of hydrogen-bond donors (Lipinski definition) is 1. The van der Waals surface area contributed by atoms with Gasteiger partial charge in [-0.15, -0.1) is 0 Å². The summed E-state index contributed by atoms with van der Waals surface area (Å²) in [6, 6.07) is 4.30. The van der Waals surface area contributed by atoms with Crippen molar-refractivity contribution in [2.75, 3.05) is 7.05 Å². The topological polar surface area (TPSA) is 12.0 Å². The molecule has 0 aromatic heterocycles. The zero-order valence-electron chi connectivity index (χ0n) is 7.74. The fourth-order valence-electron chi connectivity index (χ4n) is 1.40. The van der Waals surface area contributed by atoms with Gasteiger partial charge >= 0.3 is 0 Å². The minimum Gasteiger partial charge on any atom is -0.316 e. The molecule has 0 spiro atoms. The number of aryl methyl sites for hydroxylation is 2. The van der Waals surface area contributed by atoms with E-state index >= 15 is 0 Å². The standard InChI is InChI=1S/C10H14BrN/c1-7-4-9(11)5-8(2)10(7)6-12-3/h4-5,12H,6H2,1-3H3. The SMILES string of the molecule is CNCc1c(C)cc(Br)cc1C. The van der Waals surface area contributed by atoms with Crippen molar-refractivity contribution in [1.29, 1.82) is 0 Å². The van der Waals surface area contributed by atoms with Gasteiger partial charge in [0.1, 0.15) is 0 Å². The van der Waals surface area contributed by atoms with Gasteiger partial charge in [0.05, 0.1) is 0 Å². The van der Waals surface area contributed by atoms with Gasteiger partial charge in [-0.05, 0) is 49.7 Å². The highest BCUT2D eigenvalue weighted by atomic mass is 79.9. The lowest BCUT2D eigenvalue weighted by molar-refractivity contribution is 0.805. The molecule has 1 rings (SSSR count). The summed E-state index contributed by atoms with van der Waals surface area (Å²) in [6.07, 6.45) is 0. The third-order valence-electron chi connectivity index (χ3n) is 2.01. The van der Waals surface area contributed by atoms with E-state index in [2.05, 4.69) is 47.2 Å². The number of hydrogen-bond acceptors (Lipinski definition) is 1. The van der Waals surface area contributed by atoms with Crippen molar-refractivity contribution in [2.24, 2.45) is 0 Å². The number of benzene rings is 1. The van der Waals surface area contributed by atoms with Gasteiger partial charge in [0.2, 0.25) is 0 Å². The van der Waals surface area contributed by atoms with E-state index in [1.807, 2.05) is 7.05 Å². The van der Waals surface area contributed by atoms with E-state index in [1.54, 1.807) is 0 Å². The third kappa shape index (κ3) is 2.08.